The van der Waals surface area contributed by atoms with Crippen LogP contribution in [0.25, 0.3) is 0 Å². The van der Waals surface area contributed by atoms with Crippen molar-refractivity contribution >= 4 is 11.9 Å². The third kappa shape index (κ3) is 9.84. The van der Waals surface area contributed by atoms with Gasteiger partial charge in [-0.05, 0) is 13.3 Å². The van der Waals surface area contributed by atoms with Crippen LogP contribution in [0.15, 0.2) is 12.2 Å². The number of rotatable bonds is 10. The highest BCUT2D eigenvalue weighted by molar-refractivity contribution is 5.87. The maximum Gasteiger partial charge on any atom is 0.333 e. The summed E-state index contributed by atoms with van der Waals surface area (Å²) in [7, 11) is 0. The van der Waals surface area contributed by atoms with Gasteiger partial charge in [0, 0.05) is 12.1 Å². The number of carbonyl (C=O) groups is 2. The summed E-state index contributed by atoms with van der Waals surface area (Å²) in [5, 5.41) is 0. The van der Waals surface area contributed by atoms with Gasteiger partial charge in [0.2, 0.25) is 0 Å². The first kappa shape index (κ1) is 16.6. The second kappa shape index (κ2) is 10.8. The summed E-state index contributed by atoms with van der Waals surface area (Å²) in [6.45, 7) is 7.79. The maximum atomic E-state index is 11.2. The molecular weight excluding hydrogens is 234 g/mol. The number of hydrogen-bond acceptors (Lipinski definition) is 5. The Balaban J connectivity index is 3.38. The molecule has 104 valence electrons. The van der Waals surface area contributed by atoms with Crippen LogP contribution in [0.5, 0.6) is 0 Å². The lowest BCUT2D eigenvalue weighted by atomic mass is 10.2. The van der Waals surface area contributed by atoms with Gasteiger partial charge in [0.25, 0.3) is 0 Å². The molecule has 18 heavy (non-hydrogen) atoms. The number of unbranched alkanes of at least 4 members (excludes halogenated alkanes) is 3. The lowest BCUT2D eigenvalue weighted by molar-refractivity contribution is -0.153. The standard InChI is InChI=1S/C13H23NO4/c1-4-5-6-7-9-14-18-12(15)8-10-17-13(16)11(2)3/h14H,2,4-10H2,1,3H3. The lowest BCUT2D eigenvalue weighted by Gasteiger charge is -2.06. The minimum atomic E-state index is -0.490. The van der Waals surface area contributed by atoms with E-state index in [1.54, 1.807) is 6.92 Å². The Morgan fingerprint density at radius 1 is 1.22 bits per heavy atom. The molecule has 0 aliphatic heterocycles. The van der Waals surface area contributed by atoms with Crippen molar-refractivity contribution in [2.24, 2.45) is 0 Å². The van der Waals surface area contributed by atoms with Gasteiger partial charge in [-0.15, -0.1) is 0 Å². The fraction of sp³-hybridized carbons (Fsp3) is 0.692. The molecule has 0 rings (SSSR count). The fourth-order valence-electron chi connectivity index (χ4n) is 1.16. The normalized spacial score (nSPS) is 9.89. The quantitative estimate of drug-likeness (QED) is 0.281. The van der Waals surface area contributed by atoms with E-state index < -0.39 is 11.9 Å². The first-order chi connectivity index (χ1) is 8.57. The molecule has 5 nitrogen and oxygen atoms in total. The van der Waals surface area contributed by atoms with Gasteiger partial charge in [0.05, 0.1) is 6.42 Å². The molecule has 0 atom stereocenters. The molecule has 0 spiro atoms. The van der Waals surface area contributed by atoms with E-state index in [2.05, 4.69) is 19.0 Å². The molecule has 0 bridgehead atoms. The van der Waals surface area contributed by atoms with Crippen LogP contribution in [0, 0.1) is 0 Å². The summed E-state index contributed by atoms with van der Waals surface area (Å²) in [6, 6.07) is 0. The summed E-state index contributed by atoms with van der Waals surface area (Å²) < 4.78 is 4.77. The minimum Gasteiger partial charge on any atom is -0.462 e. The third-order valence-corrected chi connectivity index (χ3v) is 2.21. The monoisotopic (exact) mass is 257 g/mol. The molecule has 0 fully saturated rings. The summed E-state index contributed by atoms with van der Waals surface area (Å²) in [5.41, 5.74) is 2.91. The van der Waals surface area contributed by atoms with Gasteiger partial charge in [-0.3, -0.25) is 4.79 Å². The fourth-order valence-corrected chi connectivity index (χ4v) is 1.16. The van der Waals surface area contributed by atoms with Gasteiger partial charge in [-0.1, -0.05) is 32.8 Å². The second-order valence-corrected chi connectivity index (χ2v) is 4.10. The van der Waals surface area contributed by atoms with Crippen molar-refractivity contribution in [3.8, 4) is 0 Å². The minimum absolute atomic E-state index is 0.0159. The van der Waals surface area contributed by atoms with Crippen molar-refractivity contribution in [3.05, 3.63) is 12.2 Å². The summed E-state index contributed by atoms with van der Waals surface area (Å²) in [6.07, 6.45) is 4.50. The van der Waals surface area contributed by atoms with Crippen LogP contribution in [0.3, 0.4) is 0 Å². The van der Waals surface area contributed by atoms with E-state index in [-0.39, 0.29) is 13.0 Å². The molecular formula is C13H23NO4. The Bertz CT molecular complexity index is 276. The number of nitrogens with one attached hydrogen (secondary N) is 1. The van der Waals surface area contributed by atoms with Crippen molar-refractivity contribution in [1.29, 1.82) is 0 Å². The van der Waals surface area contributed by atoms with Gasteiger partial charge in [-0.25, -0.2) is 4.79 Å². The SMILES string of the molecule is C=C(C)C(=O)OCCC(=O)ONCCCCCC. The van der Waals surface area contributed by atoms with E-state index in [0.29, 0.717) is 12.1 Å². The molecule has 0 aromatic rings. The van der Waals surface area contributed by atoms with Crippen LogP contribution in [0.1, 0.15) is 46.0 Å². The van der Waals surface area contributed by atoms with Gasteiger partial charge < -0.3 is 9.57 Å². The zero-order valence-corrected chi connectivity index (χ0v) is 11.3. The van der Waals surface area contributed by atoms with Gasteiger partial charge in [0.1, 0.15) is 6.61 Å². The van der Waals surface area contributed by atoms with Crippen LogP contribution in [0.2, 0.25) is 0 Å². The molecule has 0 aromatic carbocycles. The van der Waals surface area contributed by atoms with Crippen LogP contribution in [-0.2, 0) is 19.2 Å². The lowest BCUT2D eigenvalue weighted by Crippen LogP contribution is -2.22. The molecule has 0 radical (unpaired) electrons. The highest BCUT2D eigenvalue weighted by atomic mass is 16.7. The molecule has 1 N–H and O–H groups in total. The highest BCUT2D eigenvalue weighted by Gasteiger charge is 2.07. The Hall–Kier alpha value is -1.36. The van der Waals surface area contributed by atoms with E-state index in [1.165, 1.54) is 12.8 Å². The average molecular weight is 257 g/mol. The first-order valence-electron chi connectivity index (χ1n) is 6.33. The van der Waals surface area contributed by atoms with Gasteiger partial charge >= 0.3 is 11.9 Å². The predicted octanol–water partition coefficient (Wildman–Crippen LogP) is 2.12. The Kier molecular flexibility index (Phi) is 9.96. The summed E-state index contributed by atoms with van der Waals surface area (Å²) in [5.74, 6) is -0.921. The summed E-state index contributed by atoms with van der Waals surface area (Å²) in [4.78, 5) is 26.9. The van der Waals surface area contributed by atoms with Crippen molar-refractivity contribution < 1.29 is 19.2 Å². The van der Waals surface area contributed by atoms with Gasteiger partial charge in [-0.2, -0.15) is 5.48 Å². The molecule has 0 saturated heterocycles. The molecule has 0 heterocycles. The third-order valence-electron chi connectivity index (χ3n) is 2.21. The van der Waals surface area contributed by atoms with Crippen molar-refractivity contribution in [1.82, 2.24) is 5.48 Å². The number of hydroxylamine groups is 1. The molecule has 0 aliphatic carbocycles. The maximum absolute atomic E-state index is 11.2. The number of hydrogen-bond donors (Lipinski definition) is 1. The van der Waals surface area contributed by atoms with E-state index >= 15 is 0 Å². The smallest absolute Gasteiger partial charge is 0.333 e. The summed E-state index contributed by atoms with van der Waals surface area (Å²) >= 11 is 0. The Morgan fingerprint density at radius 2 is 1.94 bits per heavy atom. The topological polar surface area (TPSA) is 64.6 Å². The van der Waals surface area contributed by atoms with Gasteiger partial charge in [0.15, 0.2) is 0 Å². The van der Waals surface area contributed by atoms with Crippen molar-refractivity contribution in [2.75, 3.05) is 13.2 Å². The largest absolute Gasteiger partial charge is 0.462 e. The van der Waals surface area contributed by atoms with E-state index in [9.17, 15) is 9.59 Å². The molecule has 5 heteroatoms. The van der Waals surface area contributed by atoms with Crippen molar-refractivity contribution in [3.63, 3.8) is 0 Å². The van der Waals surface area contributed by atoms with Crippen LogP contribution < -0.4 is 5.48 Å². The van der Waals surface area contributed by atoms with E-state index in [4.69, 9.17) is 9.57 Å². The zero-order valence-electron chi connectivity index (χ0n) is 11.3. The average Bonchev–Trinajstić information content (AvgIpc) is 2.33. The number of esters is 1. The second-order valence-electron chi connectivity index (χ2n) is 4.10. The molecule has 0 aliphatic rings. The molecule has 0 amide bonds. The number of ether oxygens (including phenoxy) is 1. The molecule has 0 unspecified atom stereocenters. The van der Waals surface area contributed by atoms with E-state index in [1.807, 2.05) is 0 Å². The van der Waals surface area contributed by atoms with Crippen LogP contribution >= 0.6 is 0 Å². The Morgan fingerprint density at radius 3 is 2.56 bits per heavy atom. The number of carbonyl (C=O) groups excluding carboxylic acids is 2. The zero-order chi connectivity index (χ0) is 13.8. The molecule has 0 aromatic heterocycles. The highest BCUT2D eigenvalue weighted by Crippen LogP contribution is 1.97. The molecule has 0 saturated carbocycles. The predicted molar refractivity (Wildman–Crippen MR) is 68.6 cm³/mol. The van der Waals surface area contributed by atoms with Crippen molar-refractivity contribution in [2.45, 2.75) is 46.0 Å². The van der Waals surface area contributed by atoms with E-state index in [0.717, 1.165) is 12.8 Å². The van der Waals surface area contributed by atoms with Crippen LogP contribution in [0.4, 0.5) is 0 Å². The van der Waals surface area contributed by atoms with Crippen LogP contribution in [-0.4, -0.2) is 25.1 Å². The first-order valence-corrected chi connectivity index (χ1v) is 6.33. The Labute approximate surface area is 108 Å².